The molecule has 1 aromatic carbocycles. The molecule has 0 bridgehead atoms. The fourth-order valence-corrected chi connectivity index (χ4v) is 2.94. The molecular weight excluding hydrogens is 264 g/mol. The SMILES string of the molecule is O=C(CC1CCCCC1)Nc1cccc(-n2cnnc2)c1. The largest absolute Gasteiger partial charge is 0.326 e. The monoisotopic (exact) mass is 284 g/mol. The summed E-state index contributed by atoms with van der Waals surface area (Å²) in [6.07, 6.45) is 10.1. The Bertz CT molecular complexity index is 588. The maximum absolute atomic E-state index is 12.1. The molecule has 110 valence electrons. The van der Waals surface area contributed by atoms with Crippen LogP contribution in [0, 0.1) is 5.92 Å². The van der Waals surface area contributed by atoms with Gasteiger partial charge in [0.15, 0.2) is 0 Å². The standard InChI is InChI=1S/C16H20N4O/c21-16(9-13-5-2-1-3-6-13)19-14-7-4-8-15(10-14)20-11-17-18-12-20/h4,7-8,10-13H,1-3,5-6,9H2,(H,19,21). The lowest BCUT2D eigenvalue weighted by atomic mass is 9.87. The summed E-state index contributed by atoms with van der Waals surface area (Å²) >= 11 is 0. The van der Waals surface area contributed by atoms with E-state index in [9.17, 15) is 4.79 Å². The molecule has 0 aliphatic heterocycles. The summed E-state index contributed by atoms with van der Waals surface area (Å²) < 4.78 is 1.82. The predicted octanol–water partition coefficient (Wildman–Crippen LogP) is 3.18. The molecule has 0 saturated heterocycles. The van der Waals surface area contributed by atoms with Crippen LogP contribution >= 0.6 is 0 Å². The molecule has 5 nitrogen and oxygen atoms in total. The lowest BCUT2D eigenvalue weighted by Crippen LogP contribution is -2.18. The van der Waals surface area contributed by atoms with Gasteiger partial charge in [0.1, 0.15) is 12.7 Å². The van der Waals surface area contributed by atoms with Gasteiger partial charge in [0.2, 0.25) is 5.91 Å². The van der Waals surface area contributed by atoms with Gasteiger partial charge in [-0.2, -0.15) is 0 Å². The van der Waals surface area contributed by atoms with Crippen molar-refractivity contribution in [1.29, 1.82) is 0 Å². The Labute approximate surface area is 124 Å². The number of nitrogens with zero attached hydrogens (tertiary/aromatic N) is 3. The molecule has 0 unspecified atom stereocenters. The Morgan fingerprint density at radius 2 is 1.95 bits per heavy atom. The number of hydrogen-bond acceptors (Lipinski definition) is 3. The third-order valence-corrected chi connectivity index (χ3v) is 4.05. The highest BCUT2D eigenvalue weighted by Crippen LogP contribution is 2.26. The lowest BCUT2D eigenvalue weighted by Gasteiger charge is -2.20. The van der Waals surface area contributed by atoms with Crippen molar-refractivity contribution in [3.63, 3.8) is 0 Å². The number of rotatable bonds is 4. The molecule has 3 rings (SSSR count). The summed E-state index contributed by atoms with van der Waals surface area (Å²) in [5, 5.41) is 10.6. The average molecular weight is 284 g/mol. The van der Waals surface area contributed by atoms with Crippen LogP contribution in [0.25, 0.3) is 5.69 Å². The Kier molecular flexibility index (Phi) is 4.28. The van der Waals surface area contributed by atoms with E-state index in [0.29, 0.717) is 12.3 Å². The summed E-state index contributed by atoms with van der Waals surface area (Å²) in [6.45, 7) is 0. The van der Waals surface area contributed by atoms with Gasteiger partial charge < -0.3 is 5.32 Å². The summed E-state index contributed by atoms with van der Waals surface area (Å²) in [5.41, 5.74) is 1.76. The zero-order chi connectivity index (χ0) is 14.5. The summed E-state index contributed by atoms with van der Waals surface area (Å²) in [7, 11) is 0. The Balaban J connectivity index is 1.62. The minimum Gasteiger partial charge on any atom is -0.326 e. The van der Waals surface area contributed by atoms with Crippen LogP contribution < -0.4 is 5.32 Å². The zero-order valence-corrected chi connectivity index (χ0v) is 12.0. The first kappa shape index (κ1) is 13.8. The fraction of sp³-hybridized carbons (Fsp3) is 0.438. The molecule has 0 atom stereocenters. The molecule has 2 aromatic rings. The zero-order valence-electron chi connectivity index (χ0n) is 12.0. The highest BCUT2D eigenvalue weighted by atomic mass is 16.1. The van der Waals surface area contributed by atoms with E-state index in [1.165, 1.54) is 32.1 Å². The van der Waals surface area contributed by atoms with Crippen molar-refractivity contribution in [2.24, 2.45) is 5.92 Å². The molecule has 0 radical (unpaired) electrons. The van der Waals surface area contributed by atoms with E-state index in [-0.39, 0.29) is 5.91 Å². The van der Waals surface area contributed by atoms with Gasteiger partial charge >= 0.3 is 0 Å². The van der Waals surface area contributed by atoms with Crippen molar-refractivity contribution in [3.8, 4) is 5.69 Å². The van der Waals surface area contributed by atoms with Gasteiger partial charge in [-0.3, -0.25) is 9.36 Å². The van der Waals surface area contributed by atoms with Crippen LogP contribution in [0.3, 0.4) is 0 Å². The molecule has 1 aliphatic rings. The highest BCUT2D eigenvalue weighted by Gasteiger charge is 2.17. The highest BCUT2D eigenvalue weighted by molar-refractivity contribution is 5.91. The van der Waals surface area contributed by atoms with E-state index >= 15 is 0 Å². The van der Waals surface area contributed by atoms with Crippen LogP contribution in [0.5, 0.6) is 0 Å². The van der Waals surface area contributed by atoms with E-state index in [1.54, 1.807) is 12.7 Å². The molecule has 1 amide bonds. The second-order valence-corrected chi connectivity index (χ2v) is 5.68. The van der Waals surface area contributed by atoms with Crippen LogP contribution in [0.1, 0.15) is 38.5 Å². The van der Waals surface area contributed by atoms with E-state index < -0.39 is 0 Å². The van der Waals surface area contributed by atoms with Crippen LogP contribution in [-0.4, -0.2) is 20.7 Å². The summed E-state index contributed by atoms with van der Waals surface area (Å²) in [5.74, 6) is 0.669. The van der Waals surface area contributed by atoms with Gasteiger partial charge in [-0.05, 0) is 37.0 Å². The molecule has 1 fully saturated rings. The summed E-state index contributed by atoms with van der Waals surface area (Å²) in [4.78, 5) is 12.1. The molecule has 5 heteroatoms. The number of amides is 1. The first-order valence-electron chi connectivity index (χ1n) is 7.56. The number of nitrogens with one attached hydrogen (secondary N) is 1. The van der Waals surface area contributed by atoms with Crippen LogP contribution in [-0.2, 0) is 4.79 Å². The van der Waals surface area contributed by atoms with Gasteiger partial charge in [-0.25, -0.2) is 0 Å². The van der Waals surface area contributed by atoms with Crippen molar-refractivity contribution in [2.75, 3.05) is 5.32 Å². The Morgan fingerprint density at radius 1 is 1.19 bits per heavy atom. The topological polar surface area (TPSA) is 59.8 Å². The van der Waals surface area contributed by atoms with E-state index in [0.717, 1.165) is 11.4 Å². The van der Waals surface area contributed by atoms with Crippen LogP contribution in [0.4, 0.5) is 5.69 Å². The predicted molar refractivity (Wildman–Crippen MR) is 81.2 cm³/mol. The number of aromatic nitrogens is 3. The lowest BCUT2D eigenvalue weighted by molar-refractivity contribution is -0.117. The molecule has 1 N–H and O–H groups in total. The minimum atomic E-state index is 0.114. The van der Waals surface area contributed by atoms with E-state index in [2.05, 4.69) is 15.5 Å². The average Bonchev–Trinajstić information content (AvgIpc) is 3.02. The van der Waals surface area contributed by atoms with Crippen LogP contribution in [0.2, 0.25) is 0 Å². The first-order valence-corrected chi connectivity index (χ1v) is 7.56. The van der Waals surface area contributed by atoms with E-state index in [4.69, 9.17) is 0 Å². The number of benzene rings is 1. The first-order chi connectivity index (χ1) is 10.3. The number of carbonyl (C=O) groups is 1. The van der Waals surface area contributed by atoms with Gasteiger partial charge in [0.05, 0.1) is 5.69 Å². The molecular formula is C16H20N4O. The molecule has 1 heterocycles. The number of anilines is 1. The van der Waals surface area contributed by atoms with Crippen molar-refractivity contribution >= 4 is 11.6 Å². The molecule has 21 heavy (non-hydrogen) atoms. The Morgan fingerprint density at radius 3 is 2.71 bits per heavy atom. The normalized spacial score (nSPS) is 15.8. The minimum absolute atomic E-state index is 0.114. The third kappa shape index (κ3) is 3.68. The van der Waals surface area contributed by atoms with Gasteiger partial charge in [-0.1, -0.05) is 25.3 Å². The quantitative estimate of drug-likeness (QED) is 0.938. The molecule has 1 aromatic heterocycles. The third-order valence-electron chi connectivity index (χ3n) is 4.05. The smallest absolute Gasteiger partial charge is 0.224 e. The van der Waals surface area contributed by atoms with Crippen molar-refractivity contribution in [2.45, 2.75) is 38.5 Å². The van der Waals surface area contributed by atoms with Gasteiger partial charge in [0, 0.05) is 12.1 Å². The maximum Gasteiger partial charge on any atom is 0.224 e. The van der Waals surface area contributed by atoms with Gasteiger partial charge in [0.25, 0.3) is 0 Å². The molecule has 1 saturated carbocycles. The second kappa shape index (κ2) is 6.52. The van der Waals surface area contributed by atoms with Gasteiger partial charge in [-0.15, -0.1) is 10.2 Å². The Hall–Kier alpha value is -2.17. The number of carbonyl (C=O) groups excluding carboxylic acids is 1. The summed E-state index contributed by atoms with van der Waals surface area (Å²) in [6, 6.07) is 7.72. The molecule has 0 spiro atoms. The number of hydrogen-bond donors (Lipinski definition) is 1. The molecule has 1 aliphatic carbocycles. The van der Waals surface area contributed by atoms with Crippen molar-refractivity contribution < 1.29 is 4.79 Å². The van der Waals surface area contributed by atoms with Crippen molar-refractivity contribution in [3.05, 3.63) is 36.9 Å². The van der Waals surface area contributed by atoms with Crippen molar-refractivity contribution in [1.82, 2.24) is 14.8 Å². The maximum atomic E-state index is 12.1. The fourth-order valence-electron chi connectivity index (χ4n) is 2.94. The van der Waals surface area contributed by atoms with Crippen LogP contribution in [0.15, 0.2) is 36.9 Å². The second-order valence-electron chi connectivity index (χ2n) is 5.68. The van der Waals surface area contributed by atoms with E-state index in [1.807, 2.05) is 28.8 Å².